The minimum atomic E-state index is -1.11. The van der Waals surface area contributed by atoms with Gasteiger partial charge in [-0.05, 0) is 29.9 Å². The number of hydrogen-bond donors (Lipinski definition) is 1. The van der Waals surface area contributed by atoms with Gasteiger partial charge in [-0.1, -0.05) is 75.4 Å². The Morgan fingerprint density at radius 2 is 1.68 bits per heavy atom. The summed E-state index contributed by atoms with van der Waals surface area (Å²) >= 11 is 0. The van der Waals surface area contributed by atoms with Crippen molar-refractivity contribution in [3.63, 3.8) is 0 Å². The van der Waals surface area contributed by atoms with Crippen molar-refractivity contribution < 1.29 is 14.4 Å². The number of imide groups is 1. The van der Waals surface area contributed by atoms with Crippen LogP contribution in [0.4, 0.5) is 4.79 Å². The zero-order valence-corrected chi connectivity index (χ0v) is 16.6. The molecular weight excluding hydrogens is 352 g/mol. The first-order chi connectivity index (χ1) is 13.4. The predicted octanol–water partition coefficient (Wildman–Crippen LogP) is 4.24. The smallest absolute Gasteiger partial charge is 0.319 e. The van der Waals surface area contributed by atoms with Crippen molar-refractivity contribution in [1.29, 1.82) is 0 Å². The SMILES string of the molecule is CC[C@H](C)c1ccc(C(=O)CN2C(=O)N[C@@](CC)(c3ccccc3)C2=O)cc1. The van der Waals surface area contributed by atoms with Gasteiger partial charge >= 0.3 is 6.03 Å². The summed E-state index contributed by atoms with van der Waals surface area (Å²) in [5.41, 5.74) is 1.28. The minimum Gasteiger partial charge on any atom is -0.319 e. The number of benzene rings is 2. The van der Waals surface area contributed by atoms with Crippen LogP contribution in [0, 0.1) is 0 Å². The number of ketones is 1. The summed E-state index contributed by atoms with van der Waals surface area (Å²) in [6.45, 7) is 5.85. The Kier molecular flexibility index (Phi) is 5.63. The molecule has 0 aliphatic carbocycles. The maximum Gasteiger partial charge on any atom is 0.325 e. The summed E-state index contributed by atoms with van der Waals surface area (Å²) in [4.78, 5) is 39.4. The van der Waals surface area contributed by atoms with E-state index in [0.717, 1.165) is 16.9 Å². The zero-order chi connectivity index (χ0) is 20.3. The molecule has 0 aromatic heterocycles. The van der Waals surface area contributed by atoms with E-state index in [1.165, 1.54) is 5.56 Å². The third-order valence-electron chi connectivity index (χ3n) is 5.69. The van der Waals surface area contributed by atoms with Crippen LogP contribution in [0.1, 0.15) is 61.0 Å². The highest BCUT2D eigenvalue weighted by atomic mass is 16.2. The number of amides is 3. The summed E-state index contributed by atoms with van der Waals surface area (Å²) in [6, 6.07) is 16.1. The molecule has 1 fully saturated rings. The number of Topliss-reactive ketones (excluding diaryl/α,β-unsaturated/α-hetero) is 1. The van der Waals surface area contributed by atoms with Crippen molar-refractivity contribution >= 4 is 17.7 Å². The largest absolute Gasteiger partial charge is 0.325 e. The third-order valence-corrected chi connectivity index (χ3v) is 5.69. The van der Waals surface area contributed by atoms with Crippen molar-refractivity contribution in [2.24, 2.45) is 0 Å². The molecule has 2 aromatic rings. The first-order valence-electron chi connectivity index (χ1n) is 9.75. The van der Waals surface area contributed by atoms with Gasteiger partial charge in [0.2, 0.25) is 0 Å². The van der Waals surface area contributed by atoms with Crippen molar-refractivity contribution in [3.8, 4) is 0 Å². The Hall–Kier alpha value is -2.95. The number of urea groups is 1. The fourth-order valence-electron chi connectivity index (χ4n) is 3.60. The van der Waals surface area contributed by atoms with Gasteiger partial charge in [0, 0.05) is 5.56 Å². The van der Waals surface area contributed by atoms with Gasteiger partial charge in [0.15, 0.2) is 5.78 Å². The summed E-state index contributed by atoms with van der Waals surface area (Å²) in [5, 5.41) is 2.81. The van der Waals surface area contributed by atoms with Gasteiger partial charge < -0.3 is 5.32 Å². The van der Waals surface area contributed by atoms with Crippen LogP contribution in [0.25, 0.3) is 0 Å². The molecule has 0 saturated carbocycles. The lowest BCUT2D eigenvalue weighted by molar-refractivity contribution is -0.131. The molecule has 2 atom stereocenters. The van der Waals surface area contributed by atoms with Crippen LogP contribution >= 0.6 is 0 Å². The number of carbonyl (C=O) groups is 3. The first-order valence-corrected chi connectivity index (χ1v) is 9.75. The summed E-state index contributed by atoms with van der Waals surface area (Å²) in [5.74, 6) is -0.207. The van der Waals surface area contributed by atoms with Gasteiger partial charge in [-0.3, -0.25) is 14.5 Å². The molecule has 0 radical (unpaired) electrons. The van der Waals surface area contributed by atoms with E-state index >= 15 is 0 Å². The van der Waals surface area contributed by atoms with Crippen LogP contribution < -0.4 is 5.32 Å². The minimum absolute atomic E-state index is 0.251. The first kappa shape index (κ1) is 19.8. The van der Waals surface area contributed by atoms with Crippen LogP contribution in [0.5, 0.6) is 0 Å². The lowest BCUT2D eigenvalue weighted by Gasteiger charge is -2.25. The van der Waals surface area contributed by atoms with Gasteiger partial charge in [0.05, 0.1) is 6.54 Å². The summed E-state index contributed by atoms with van der Waals surface area (Å²) in [7, 11) is 0. The Balaban J connectivity index is 1.80. The average Bonchev–Trinajstić information content (AvgIpc) is 2.99. The highest BCUT2D eigenvalue weighted by molar-refractivity contribution is 6.11. The Bertz CT molecular complexity index is 876. The van der Waals surface area contributed by atoms with Crippen molar-refractivity contribution in [2.75, 3.05) is 6.54 Å². The third kappa shape index (κ3) is 3.44. The van der Waals surface area contributed by atoms with E-state index < -0.39 is 11.6 Å². The molecule has 1 saturated heterocycles. The number of carbonyl (C=O) groups excluding carboxylic acids is 3. The molecular formula is C23H26N2O3. The lowest BCUT2D eigenvalue weighted by atomic mass is 9.87. The normalized spacial score (nSPS) is 20.2. The fourth-order valence-corrected chi connectivity index (χ4v) is 3.60. The van der Waals surface area contributed by atoms with E-state index in [-0.39, 0.29) is 18.2 Å². The molecule has 1 aliphatic heterocycles. The molecule has 0 unspecified atom stereocenters. The van der Waals surface area contributed by atoms with E-state index in [4.69, 9.17) is 0 Å². The fraction of sp³-hybridized carbons (Fsp3) is 0.348. The molecule has 3 rings (SSSR count). The zero-order valence-electron chi connectivity index (χ0n) is 16.6. The number of nitrogens with zero attached hydrogens (tertiary/aromatic N) is 1. The van der Waals surface area contributed by atoms with Gasteiger partial charge in [-0.2, -0.15) is 0 Å². The quantitative estimate of drug-likeness (QED) is 0.579. The predicted molar refractivity (Wildman–Crippen MR) is 108 cm³/mol. The molecule has 5 nitrogen and oxygen atoms in total. The van der Waals surface area contributed by atoms with E-state index in [1.807, 2.05) is 49.4 Å². The average molecular weight is 378 g/mol. The van der Waals surface area contributed by atoms with E-state index in [1.54, 1.807) is 12.1 Å². The van der Waals surface area contributed by atoms with Gasteiger partial charge in [-0.15, -0.1) is 0 Å². The van der Waals surface area contributed by atoms with E-state index in [9.17, 15) is 14.4 Å². The van der Waals surface area contributed by atoms with Gasteiger partial charge in [-0.25, -0.2) is 4.79 Å². The molecule has 5 heteroatoms. The van der Waals surface area contributed by atoms with Crippen LogP contribution in [0.3, 0.4) is 0 Å². The molecule has 2 aromatic carbocycles. The van der Waals surface area contributed by atoms with Crippen LogP contribution in [0.2, 0.25) is 0 Å². The second kappa shape index (κ2) is 7.97. The molecule has 146 valence electrons. The Labute approximate surface area is 165 Å². The molecule has 1 aliphatic rings. The van der Waals surface area contributed by atoms with Crippen LogP contribution in [-0.2, 0) is 10.3 Å². The van der Waals surface area contributed by atoms with Crippen LogP contribution in [0.15, 0.2) is 54.6 Å². The standard InChI is InChI=1S/C23H26N2O3/c1-4-16(3)17-11-13-18(14-12-17)20(26)15-25-21(27)23(5-2,24-22(25)28)19-9-7-6-8-10-19/h6-14,16H,4-5,15H2,1-3H3,(H,24,28)/t16-,23-/m0/s1. The maximum absolute atomic E-state index is 13.1. The second-order valence-corrected chi connectivity index (χ2v) is 7.30. The maximum atomic E-state index is 13.1. The molecule has 3 amide bonds. The molecule has 0 spiro atoms. The van der Waals surface area contributed by atoms with Crippen molar-refractivity contribution in [2.45, 2.75) is 45.1 Å². The van der Waals surface area contributed by atoms with Gasteiger partial charge in [0.25, 0.3) is 5.91 Å². The highest BCUT2D eigenvalue weighted by Gasteiger charge is 2.51. The molecule has 1 heterocycles. The van der Waals surface area contributed by atoms with E-state index in [0.29, 0.717) is 17.9 Å². The molecule has 28 heavy (non-hydrogen) atoms. The van der Waals surface area contributed by atoms with E-state index in [2.05, 4.69) is 19.2 Å². The lowest BCUT2D eigenvalue weighted by Crippen LogP contribution is -2.43. The number of rotatable bonds is 7. The van der Waals surface area contributed by atoms with Crippen molar-refractivity contribution in [3.05, 3.63) is 71.3 Å². The number of nitrogens with one attached hydrogen (secondary N) is 1. The Morgan fingerprint density at radius 3 is 2.25 bits per heavy atom. The second-order valence-electron chi connectivity index (χ2n) is 7.30. The molecule has 1 N–H and O–H groups in total. The van der Waals surface area contributed by atoms with Gasteiger partial charge in [0.1, 0.15) is 5.54 Å². The molecule has 0 bridgehead atoms. The van der Waals surface area contributed by atoms with Crippen LogP contribution in [-0.4, -0.2) is 29.2 Å². The van der Waals surface area contributed by atoms with Crippen molar-refractivity contribution in [1.82, 2.24) is 10.2 Å². The Morgan fingerprint density at radius 1 is 1.04 bits per heavy atom. The summed E-state index contributed by atoms with van der Waals surface area (Å²) < 4.78 is 0. The highest BCUT2D eigenvalue weighted by Crippen LogP contribution is 2.32. The summed E-state index contributed by atoms with van der Waals surface area (Å²) in [6.07, 6.45) is 1.43. The monoisotopic (exact) mass is 378 g/mol. The topological polar surface area (TPSA) is 66.5 Å². The number of hydrogen-bond acceptors (Lipinski definition) is 3.